The van der Waals surface area contributed by atoms with Crippen molar-refractivity contribution in [3.63, 3.8) is 0 Å². The van der Waals surface area contributed by atoms with Gasteiger partial charge in [-0.2, -0.15) is 0 Å². The minimum Gasteiger partial charge on any atom is -0.309 e. The number of sulfonamides is 1. The van der Waals surface area contributed by atoms with Crippen LogP contribution in [0.2, 0.25) is 0 Å². The van der Waals surface area contributed by atoms with Crippen LogP contribution < -0.4 is 10.0 Å². The molecule has 1 aromatic heterocycles. The Morgan fingerprint density at radius 2 is 2.16 bits per heavy atom. The minimum absolute atomic E-state index is 0.366. The molecule has 2 rings (SSSR count). The molecule has 6 heteroatoms. The molecular weight excluding hydrogens is 280 g/mol. The molecule has 1 aromatic rings. The van der Waals surface area contributed by atoms with Crippen molar-refractivity contribution in [1.29, 1.82) is 0 Å². The standard InChI is InChI=1S/C13H22N2O2S2/c1-3-10(2)8-15-19(16,17)13-7-6-12(18-13)9-14-11-4-5-11/h6-7,10-11,14-15H,3-5,8-9H2,1-2H3. The largest absolute Gasteiger partial charge is 0.309 e. The maximum atomic E-state index is 12.1. The van der Waals surface area contributed by atoms with Gasteiger partial charge in [-0.15, -0.1) is 11.3 Å². The zero-order chi connectivity index (χ0) is 13.9. The molecule has 1 atom stereocenters. The zero-order valence-electron chi connectivity index (χ0n) is 11.5. The molecule has 1 aliphatic rings. The van der Waals surface area contributed by atoms with E-state index >= 15 is 0 Å². The Kier molecular flexibility index (Phi) is 5.00. The van der Waals surface area contributed by atoms with E-state index < -0.39 is 10.0 Å². The molecule has 0 bridgehead atoms. The van der Waals surface area contributed by atoms with Crippen LogP contribution >= 0.6 is 11.3 Å². The minimum atomic E-state index is -3.33. The van der Waals surface area contributed by atoms with E-state index in [0.29, 0.717) is 22.7 Å². The van der Waals surface area contributed by atoms with Crippen molar-refractivity contribution in [2.24, 2.45) is 5.92 Å². The van der Waals surface area contributed by atoms with Gasteiger partial charge in [0.1, 0.15) is 4.21 Å². The van der Waals surface area contributed by atoms with Gasteiger partial charge in [-0.3, -0.25) is 0 Å². The Bertz CT molecular complexity index is 506. The molecule has 1 aliphatic carbocycles. The van der Waals surface area contributed by atoms with Gasteiger partial charge in [-0.1, -0.05) is 20.3 Å². The highest BCUT2D eigenvalue weighted by atomic mass is 32.2. The van der Waals surface area contributed by atoms with Crippen molar-refractivity contribution < 1.29 is 8.42 Å². The number of hydrogen-bond acceptors (Lipinski definition) is 4. The van der Waals surface area contributed by atoms with Gasteiger partial charge in [0.2, 0.25) is 10.0 Å². The van der Waals surface area contributed by atoms with E-state index in [4.69, 9.17) is 0 Å². The summed E-state index contributed by atoms with van der Waals surface area (Å²) in [5, 5.41) is 3.39. The molecule has 0 aliphatic heterocycles. The normalized spacial score (nSPS) is 17.6. The Labute approximate surface area is 119 Å². The lowest BCUT2D eigenvalue weighted by molar-refractivity contribution is 0.529. The van der Waals surface area contributed by atoms with Crippen molar-refractivity contribution >= 4 is 21.4 Å². The summed E-state index contributed by atoms with van der Waals surface area (Å²) < 4.78 is 27.3. The number of rotatable bonds is 8. The van der Waals surface area contributed by atoms with Gasteiger partial charge in [0.15, 0.2) is 0 Å². The molecule has 1 fully saturated rings. The first kappa shape index (κ1) is 15.0. The smallest absolute Gasteiger partial charge is 0.250 e. The Hall–Kier alpha value is -0.430. The molecule has 0 radical (unpaired) electrons. The van der Waals surface area contributed by atoms with E-state index in [2.05, 4.69) is 17.0 Å². The fraction of sp³-hybridized carbons (Fsp3) is 0.692. The molecule has 19 heavy (non-hydrogen) atoms. The van der Waals surface area contributed by atoms with Crippen LogP contribution in [0.1, 0.15) is 38.0 Å². The predicted octanol–water partition coefficient (Wildman–Crippen LogP) is 2.32. The molecule has 0 amide bonds. The first-order valence-electron chi connectivity index (χ1n) is 6.83. The average Bonchev–Trinajstić information content (AvgIpc) is 3.09. The number of thiophene rings is 1. The van der Waals surface area contributed by atoms with Crippen LogP contribution in [0.25, 0.3) is 0 Å². The molecule has 4 nitrogen and oxygen atoms in total. The van der Waals surface area contributed by atoms with Crippen LogP contribution in [0.4, 0.5) is 0 Å². The molecule has 0 saturated heterocycles. The number of nitrogens with one attached hydrogen (secondary N) is 2. The fourth-order valence-corrected chi connectivity index (χ4v) is 4.11. The van der Waals surface area contributed by atoms with E-state index in [0.717, 1.165) is 17.8 Å². The van der Waals surface area contributed by atoms with Gasteiger partial charge in [-0.05, 0) is 30.9 Å². The third-order valence-corrected chi connectivity index (χ3v) is 6.36. The van der Waals surface area contributed by atoms with Crippen LogP contribution in [0.3, 0.4) is 0 Å². The quantitative estimate of drug-likeness (QED) is 0.775. The predicted molar refractivity (Wildman–Crippen MR) is 78.8 cm³/mol. The Morgan fingerprint density at radius 1 is 1.42 bits per heavy atom. The summed E-state index contributed by atoms with van der Waals surface area (Å²) in [4.78, 5) is 1.08. The van der Waals surface area contributed by atoms with Gasteiger partial charge in [0, 0.05) is 24.0 Å². The second kappa shape index (κ2) is 6.35. The lowest BCUT2D eigenvalue weighted by atomic mass is 10.1. The molecule has 2 N–H and O–H groups in total. The average molecular weight is 302 g/mol. The Morgan fingerprint density at radius 3 is 2.79 bits per heavy atom. The van der Waals surface area contributed by atoms with Crippen molar-refractivity contribution in [1.82, 2.24) is 10.0 Å². The monoisotopic (exact) mass is 302 g/mol. The summed E-state index contributed by atoms with van der Waals surface area (Å²) >= 11 is 1.36. The van der Waals surface area contributed by atoms with Crippen LogP contribution in [0.15, 0.2) is 16.3 Å². The van der Waals surface area contributed by atoms with Crippen LogP contribution in [0, 0.1) is 5.92 Å². The third-order valence-electron chi connectivity index (χ3n) is 3.36. The second-order valence-corrected chi connectivity index (χ2v) is 8.40. The molecule has 1 saturated carbocycles. The van der Waals surface area contributed by atoms with Crippen molar-refractivity contribution in [2.45, 2.75) is 49.9 Å². The fourth-order valence-electron chi connectivity index (χ4n) is 1.60. The van der Waals surface area contributed by atoms with Crippen molar-refractivity contribution in [2.75, 3.05) is 6.54 Å². The topological polar surface area (TPSA) is 58.2 Å². The summed E-state index contributed by atoms with van der Waals surface area (Å²) in [6.45, 7) is 5.39. The van der Waals surface area contributed by atoms with Crippen LogP contribution in [0.5, 0.6) is 0 Å². The van der Waals surface area contributed by atoms with E-state index in [1.165, 1.54) is 24.2 Å². The SMILES string of the molecule is CCC(C)CNS(=O)(=O)c1ccc(CNC2CC2)s1. The van der Waals surface area contributed by atoms with E-state index in [1.807, 2.05) is 13.0 Å². The van der Waals surface area contributed by atoms with Crippen LogP contribution in [-0.2, 0) is 16.6 Å². The number of hydrogen-bond donors (Lipinski definition) is 2. The van der Waals surface area contributed by atoms with E-state index in [-0.39, 0.29) is 0 Å². The highest BCUT2D eigenvalue weighted by molar-refractivity contribution is 7.91. The second-order valence-electron chi connectivity index (χ2n) is 5.24. The van der Waals surface area contributed by atoms with E-state index in [1.54, 1.807) is 6.07 Å². The molecule has 0 aromatic carbocycles. The Balaban J connectivity index is 1.91. The van der Waals surface area contributed by atoms with Gasteiger partial charge >= 0.3 is 0 Å². The molecular formula is C13H22N2O2S2. The summed E-state index contributed by atoms with van der Waals surface area (Å²) in [7, 11) is -3.33. The highest BCUT2D eigenvalue weighted by Gasteiger charge is 2.21. The highest BCUT2D eigenvalue weighted by Crippen LogP contribution is 2.24. The van der Waals surface area contributed by atoms with E-state index in [9.17, 15) is 8.42 Å². The molecule has 0 spiro atoms. The van der Waals surface area contributed by atoms with Gasteiger partial charge in [0.05, 0.1) is 0 Å². The van der Waals surface area contributed by atoms with Crippen molar-refractivity contribution in [3.8, 4) is 0 Å². The summed E-state index contributed by atoms with van der Waals surface area (Å²) in [6, 6.07) is 4.25. The molecule has 1 heterocycles. The maximum absolute atomic E-state index is 12.1. The first-order chi connectivity index (χ1) is 9.01. The van der Waals surface area contributed by atoms with Crippen molar-refractivity contribution in [3.05, 3.63) is 17.0 Å². The first-order valence-corrected chi connectivity index (χ1v) is 9.13. The van der Waals surface area contributed by atoms with Gasteiger partial charge in [-0.25, -0.2) is 13.1 Å². The summed E-state index contributed by atoms with van der Waals surface area (Å²) in [5.41, 5.74) is 0. The summed E-state index contributed by atoms with van der Waals surface area (Å²) in [5.74, 6) is 0.366. The third kappa shape index (κ3) is 4.56. The van der Waals surface area contributed by atoms with Gasteiger partial charge in [0.25, 0.3) is 0 Å². The summed E-state index contributed by atoms with van der Waals surface area (Å²) in [6.07, 6.45) is 3.46. The maximum Gasteiger partial charge on any atom is 0.250 e. The zero-order valence-corrected chi connectivity index (χ0v) is 13.1. The lowest BCUT2D eigenvalue weighted by Gasteiger charge is -2.09. The lowest BCUT2D eigenvalue weighted by Crippen LogP contribution is -2.27. The molecule has 108 valence electrons. The van der Waals surface area contributed by atoms with Crippen LogP contribution in [-0.4, -0.2) is 21.0 Å². The molecule has 1 unspecified atom stereocenters. The van der Waals surface area contributed by atoms with Gasteiger partial charge < -0.3 is 5.32 Å².